The molecule has 1 unspecified atom stereocenters. The summed E-state index contributed by atoms with van der Waals surface area (Å²) >= 11 is 0. The zero-order valence-corrected chi connectivity index (χ0v) is 11.6. The summed E-state index contributed by atoms with van der Waals surface area (Å²) < 4.78 is 15.9. The Morgan fingerprint density at radius 1 is 1.35 bits per heavy atom. The summed E-state index contributed by atoms with van der Waals surface area (Å²) in [6.45, 7) is 3.04. The number of esters is 1. The molecule has 1 aromatic rings. The molecule has 1 atom stereocenters. The van der Waals surface area contributed by atoms with Crippen molar-refractivity contribution in [1.29, 1.82) is 0 Å². The van der Waals surface area contributed by atoms with Crippen LogP contribution in [0.5, 0.6) is 11.5 Å². The van der Waals surface area contributed by atoms with Crippen molar-refractivity contribution in [3.8, 4) is 11.5 Å². The van der Waals surface area contributed by atoms with Gasteiger partial charge in [-0.05, 0) is 30.5 Å². The van der Waals surface area contributed by atoms with Gasteiger partial charge in [-0.15, -0.1) is 0 Å². The molecule has 0 saturated carbocycles. The minimum absolute atomic E-state index is 0.0581. The van der Waals surface area contributed by atoms with Crippen LogP contribution < -0.4 is 9.47 Å². The van der Waals surface area contributed by atoms with Crippen molar-refractivity contribution >= 4 is 5.97 Å². The Bertz CT molecular complexity index is 503. The van der Waals surface area contributed by atoms with Crippen LogP contribution in [0.2, 0.25) is 0 Å². The van der Waals surface area contributed by atoms with Gasteiger partial charge in [-0.1, -0.05) is 6.07 Å². The normalized spacial score (nSPS) is 21.1. The van der Waals surface area contributed by atoms with Crippen LogP contribution >= 0.6 is 0 Å². The summed E-state index contributed by atoms with van der Waals surface area (Å²) in [5.74, 6) is 1.51. The average molecular weight is 277 g/mol. The molecule has 0 aliphatic carbocycles. The Labute approximate surface area is 118 Å². The van der Waals surface area contributed by atoms with Crippen LogP contribution in [0, 0.1) is 0 Å². The number of benzene rings is 1. The number of hydrogen-bond acceptors (Lipinski definition) is 5. The lowest BCUT2D eigenvalue weighted by Gasteiger charge is -2.38. The van der Waals surface area contributed by atoms with Crippen LogP contribution in [-0.4, -0.2) is 50.3 Å². The minimum atomic E-state index is -0.126. The molecule has 1 aromatic carbocycles. The highest BCUT2D eigenvalue weighted by molar-refractivity contribution is 5.76. The number of nitrogens with zero attached hydrogens (tertiary/aromatic N) is 1. The SMILES string of the molecule is COC(=O)C1CCN1CCc1ccc2c(c1)OCCO2. The maximum absolute atomic E-state index is 11.5. The Morgan fingerprint density at radius 3 is 2.85 bits per heavy atom. The van der Waals surface area contributed by atoms with Gasteiger partial charge in [-0.2, -0.15) is 0 Å². The molecule has 5 nitrogen and oxygen atoms in total. The Balaban J connectivity index is 1.57. The Hall–Kier alpha value is -1.75. The third kappa shape index (κ3) is 2.58. The van der Waals surface area contributed by atoms with E-state index < -0.39 is 0 Å². The summed E-state index contributed by atoms with van der Waals surface area (Å²) in [5, 5.41) is 0. The number of carbonyl (C=O) groups is 1. The summed E-state index contributed by atoms with van der Waals surface area (Å²) in [7, 11) is 1.44. The molecule has 2 aliphatic heterocycles. The first-order valence-electron chi connectivity index (χ1n) is 6.98. The van der Waals surface area contributed by atoms with Gasteiger partial charge in [0.15, 0.2) is 11.5 Å². The van der Waals surface area contributed by atoms with Crippen LogP contribution in [-0.2, 0) is 16.0 Å². The zero-order valence-electron chi connectivity index (χ0n) is 11.6. The van der Waals surface area contributed by atoms with Gasteiger partial charge < -0.3 is 14.2 Å². The number of rotatable bonds is 4. The molecule has 0 radical (unpaired) electrons. The Kier molecular flexibility index (Phi) is 3.78. The van der Waals surface area contributed by atoms with Crippen LogP contribution in [0.15, 0.2) is 18.2 Å². The predicted octanol–water partition coefficient (Wildman–Crippen LogP) is 1.25. The van der Waals surface area contributed by atoms with Gasteiger partial charge in [-0.3, -0.25) is 9.69 Å². The second-order valence-electron chi connectivity index (χ2n) is 5.09. The monoisotopic (exact) mass is 277 g/mol. The van der Waals surface area contributed by atoms with Crippen molar-refractivity contribution in [2.75, 3.05) is 33.4 Å². The van der Waals surface area contributed by atoms with E-state index in [4.69, 9.17) is 14.2 Å². The van der Waals surface area contributed by atoms with Crippen molar-refractivity contribution < 1.29 is 19.0 Å². The molecule has 2 aliphatic rings. The third-order valence-corrected chi connectivity index (χ3v) is 3.90. The Morgan fingerprint density at radius 2 is 2.15 bits per heavy atom. The van der Waals surface area contributed by atoms with E-state index in [1.54, 1.807) is 0 Å². The van der Waals surface area contributed by atoms with E-state index in [-0.39, 0.29) is 12.0 Å². The van der Waals surface area contributed by atoms with Crippen molar-refractivity contribution in [3.05, 3.63) is 23.8 Å². The second-order valence-corrected chi connectivity index (χ2v) is 5.09. The maximum atomic E-state index is 11.5. The molecule has 3 rings (SSSR count). The van der Waals surface area contributed by atoms with Crippen LogP contribution in [0.4, 0.5) is 0 Å². The van der Waals surface area contributed by atoms with Crippen molar-refractivity contribution in [1.82, 2.24) is 4.90 Å². The second kappa shape index (κ2) is 5.71. The molecule has 20 heavy (non-hydrogen) atoms. The highest BCUT2D eigenvalue weighted by atomic mass is 16.6. The molecule has 0 amide bonds. The quantitative estimate of drug-likeness (QED) is 0.775. The van der Waals surface area contributed by atoms with Gasteiger partial charge in [0.25, 0.3) is 0 Å². The van der Waals surface area contributed by atoms with Gasteiger partial charge in [0.1, 0.15) is 19.3 Å². The topological polar surface area (TPSA) is 48.0 Å². The molecular formula is C15H19NO4. The molecular weight excluding hydrogens is 258 g/mol. The molecule has 0 spiro atoms. The van der Waals surface area contributed by atoms with Gasteiger partial charge >= 0.3 is 5.97 Å². The van der Waals surface area contributed by atoms with Crippen LogP contribution in [0.25, 0.3) is 0 Å². The zero-order chi connectivity index (χ0) is 13.9. The summed E-state index contributed by atoms with van der Waals surface area (Å²) in [4.78, 5) is 13.7. The summed E-state index contributed by atoms with van der Waals surface area (Å²) in [6, 6.07) is 5.98. The van der Waals surface area contributed by atoms with E-state index in [1.165, 1.54) is 12.7 Å². The lowest BCUT2D eigenvalue weighted by Crippen LogP contribution is -2.53. The minimum Gasteiger partial charge on any atom is -0.486 e. The molecule has 1 fully saturated rings. The lowest BCUT2D eigenvalue weighted by atomic mass is 10.0. The van der Waals surface area contributed by atoms with Gasteiger partial charge in [-0.25, -0.2) is 0 Å². The van der Waals surface area contributed by atoms with Crippen molar-refractivity contribution in [3.63, 3.8) is 0 Å². The van der Waals surface area contributed by atoms with E-state index >= 15 is 0 Å². The fourth-order valence-electron chi connectivity index (χ4n) is 2.63. The first-order chi connectivity index (χ1) is 9.78. The largest absolute Gasteiger partial charge is 0.486 e. The van der Waals surface area contributed by atoms with Gasteiger partial charge in [0.05, 0.1) is 7.11 Å². The number of methoxy groups -OCH3 is 1. The van der Waals surface area contributed by atoms with Gasteiger partial charge in [0.2, 0.25) is 0 Å². The van der Waals surface area contributed by atoms with Crippen LogP contribution in [0.3, 0.4) is 0 Å². The van der Waals surface area contributed by atoms with Crippen molar-refractivity contribution in [2.45, 2.75) is 18.9 Å². The van der Waals surface area contributed by atoms with Gasteiger partial charge in [0, 0.05) is 13.1 Å². The number of carbonyl (C=O) groups excluding carboxylic acids is 1. The highest BCUT2D eigenvalue weighted by Gasteiger charge is 2.34. The smallest absolute Gasteiger partial charge is 0.323 e. The molecule has 0 bridgehead atoms. The number of fused-ring (bicyclic) bond motifs is 1. The molecule has 2 heterocycles. The molecule has 5 heteroatoms. The summed E-state index contributed by atoms with van der Waals surface area (Å²) in [5.41, 5.74) is 1.20. The maximum Gasteiger partial charge on any atom is 0.323 e. The lowest BCUT2D eigenvalue weighted by molar-refractivity contribution is -0.151. The van der Waals surface area contributed by atoms with E-state index in [0.29, 0.717) is 13.2 Å². The standard InChI is InChI=1S/C15H19NO4/c1-18-15(17)12-5-7-16(12)6-4-11-2-3-13-14(10-11)20-9-8-19-13/h2-3,10,12H,4-9H2,1H3. The number of likely N-dealkylation sites (tertiary alicyclic amines) is 1. The molecule has 108 valence electrons. The third-order valence-electron chi connectivity index (χ3n) is 3.90. The number of ether oxygens (including phenoxy) is 3. The number of hydrogen-bond donors (Lipinski definition) is 0. The molecule has 0 N–H and O–H groups in total. The van der Waals surface area contributed by atoms with Crippen LogP contribution in [0.1, 0.15) is 12.0 Å². The fourth-order valence-corrected chi connectivity index (χ4v) is 2.63. The predicted molar refractivity (Wildman–Crippen MR) is 73.1 cm³/mol. The fraction of sp³-hybridized carbons (Fsp3) is 0.533. The van der Waals surface area contributed by atoms with E-state index in [0.717, 1.165) is 37.4 Å². The summed E-state index contributed by atoms with van der Waals surface area (Å²) in [6.07, 6.45) is 1.79. The first-order valence-corrected chi connectivity index (χ1v) is 6.98. The molecule has 1 saturated heterocycles. The van der Waals surface area contributed by atoms with Crippen molar-refractivity contribution in [2.24, 2.45) is 0 Å². The van der Waals surface area contributed by atoms with E-state index in [9.17, 15) is 4.79 Å². The average Bonchev–Trinajstić information content (AvgIpc) is 2.46. The first kappa shape index (κ1) is 13.2. The van der Waals surface area contributed by atoms with E-state index in [1.807, 2.05) is 12.1 Å². The molecule has 0 aromatic heterocycles. The van der Waals surface area contributed by atoms with E-state index in [2.05, 4.69) is 11.0 Å². The highest BCUT2D eigenvalue weighted by Crippen LogP contribution is 2.31.